The Hall–Kier alpha value is -1.28. The molecule has 19 heavy (non-hydrogen) atoms. The summed E-state index contributed by atoms with van der Waals surface area (Å²) < 4.78 is 39.7. The van der Waals surface area contributed by atoms with Gasteiger partial charge in [-0.15, -0.1) is 11.8 Å². The molecule has 0 spiro atoms. The fourth-order valence-corrected chi connectivity index (χ4v) is 1.88. The molecule has 4 nitrogen and oxygen atoms in total. The smallest absolute Gasteiger partial charge is 0.411 e. The first kappa shape index (κ1) is 15.8. The normalized spacial score (nSPS) is 11.5. The monoisotopic (exact) mass is 295 g/mol. The standard InChI is InChI=1S/C11H12F3NO3S/c12-11(13,14)7-18-4-1-5-19-9-3-2-8(6-15-9)10(16)17/h2-3,6H,1,4-5,7H2,(H,16,17). The van der Waals surface area contributed by atoms with Gasteiger partial charge in [0.05, 0.1) is 10.6 Å². The lowest BCUT2D eigenvalue weighted by atomic mass is 10.3. The highest BCUT2D eigenvalue weighted by Gasteiger charge is 2.27. The van der Waals surface area contributed by atoms with Crippen LogP contribution in [-0.2, 0) is 4.74 Å². The lowest BCUT2D eigenvalue weighted by Crippen LogP contribution is -2.17. The molecule has 0 bridgehead atoms. The molecule has 0 aliphatic carbocycles. The molecular formula is C11H12F3NO3S. The van der Waals surface area contributed by atoms with E-state index in [1.807, 2.05) is 0 Å². The van der Waals surface area contributed by atoms with E-state index in [9.17, 15) is 18.0 Å². The lowest BCUT2D eigenvalue weighted by Gasteiger charge is -2.07. The summed E-state index contributed by atoms with van der Waals surface area (Å²) in [5.74, 6) is -0.498. The average molecular weight is 295 g/mol. The number of pyridine rings is 1. The van der Waals surface area contributed by atoms with E-state index in [1.165, 1.54) is 24.0 Å². The van der Waals surface area contributed by atoms with E-state index in [1.54, 1.807) is 6.07 Å². The molecule has 0 unspecified atom stereocenters. The summed E-state index contributed by atoms with van der Waals surface area (Å²) in [5.41, 5.74) is 0.0952. The van der Waals surface area contributed by atoms with Crippen LogP contribution in [0.15, 0.2) is 23.4 Å². The number of carbonyl (C=O) groups is 1. The molecule has 0 aliphatic heterocycles. The van der Waals surface area contributed by atoms with Crippen molar-refractivity contribution in [1.82, 2.24) is 4.98 Å². The van der Waals surface area contributed by atoms with E-state index in [2.05, 4.69) is 9.72 Å². The third-order valence-corrected chi connectivity index (χ3v) is 2.96. The molecule has 0 saturated carbocycles. The highest BCUT2D eigenvalue weighted by atomic mass is 32.2. The Morgan fingerprint density at radius 3 is 2.68 bits per heavy atom. The summed E-state index contributed by atoms with van der Waals surface area (Å²) in [7, 11) is 0. The van der Waals surface area contributed by atoms with Crippen LogP contribution in [0, 0.1) is 0 Å². The van der Waals surface area contributed by atoms with Crippen molar-refractivity contribution in [2.45, 2.75) is 17.6 Å². The number of carboxylic acid groups (broad SMARTS) is 1. The Morgan fingerprint density at radius 2 is 2.16 bits per heavy atom. The number of hydrogen-bond acceptors (Lipinski definition) is 4. The summed E-state index contributed by atoms with van der Waals surface area (Å²) in [4.78, 5) is 14.5. The third-order valence-electron chi connectivity index (χ3n) is 1.93. The molecular weight excluding hydrogens is 283 g/mol. The Labute approximate surface area is 112 Å². The molecule has 0 saturated heterocycles. The predicted molar refractivity (Wildman–Crippen MR) is 63.4 cm³/mol. The van der Waals surface area contributed by atoms with Crippen molar-refractivity contribution in [1.29, 1.82) is 0 Å². The number of aromatic nitrogens is 1. The highest BCUT2D eigenvalue weighted by Crippen LogP contribution is 2.17. The molecule has 0 amide bonds. The average Bonchev–Trinajstić information content (AvgIpc) is 2.33. The number of hydrogen-bond donors (Lipinski definition) is 1. The second-order valence-corrected chi connectivity index (χ2v) is 4.68. The minimum Gasteiger partial charge on any atom is -0.478 e. The van der Waals surface area contributed by atoms with Gasteiger partial charge in [0.25, 0.3) is 0 Å². The van der Waals surface area contributed by atoms with Crippen LogP contribution in [0.1, 0.15) is 16.8 Å². The van der Waals surface area contributed by atoms with Gasteiger partial charge in [0.1, 0.15) is 6.61 Å². The van der Waals surface area contributed by atoms with Crippen molar-refractivity contribution in [2.24, 2.45) is 0 Å². The van der Waals surface area contributed by atoms with Gasteiger partial charge in [-0.2, -0.15) is 13.2 Å². The number of halogens is 3. The van der Waals surface area contributed by atoms with Gasteiger partial charge in [-0.1, -0.05) is 0 Å². The number of nitrogens with zero attached hydrogens (tertiary/aromatic N) is 1. The minimum atomic E-state index is -4.29. The molecule has 1 aromatic heterocycles. The molecule has 8 heteroatoms. The van der Waals surface area contributed by atoms with Gasteiger partial charge in [0, 0.05) is 18.6 Å². The van der Waals surface area contributed by atoms with Crippen LogP contribution in [0.2, 0.25) is 0 Å². The van der Waals surface area contributed by atoms with Crippen molar-refractivity contribution in [3.05, 3.63) is 23.9 Å². The summed E-state index contributed by atoms with van der Waals surface area (Å²) >= 11 is 1.33. The Bertz CT molecular complexity index is 409. The number of aromatic carboxylic acids is 1. The van der Waals surface area contributed by atoms with Crippen molar-refractivity contribution in [3.63, 3.8) is 0 Å². The Morgan fingerprint density at radius 1 is 1.42 bits per heavy atom. The first-order valence-electron chi connectivity index (χ1n) is 5.35. The number of ether oxygens (including phenoxy) is 1. The maximum atomic E-state index is 11.7. The summed E-state index contributed by atoms with van der Waals surface area (Å²) in [5, 5.41) is 9.29. The van der Waals surface area contributed by atoms with Crippen LogP contribution in [0.5, 0.6) is 0 Å². The van der Waals surface area contributed by atoms with Gasteiger partial charge in [0.15, 0.2) is 0 Å². The molecule has 1 N–H and O–H groups in total. The topological polar surface area (TPSA) is 59.4 Å². The zero-order chi connectivity index (χ0) is 14.3. The fraction of sp³-hybridized carbons (Fsp3) is 0.455. The number of thioether (sulfide) groups is 1. The van der Waals surface area contributed by atoms with Crippen molar-refractivity contribution in [2.75, 3.05) is 19.0 Å². The van der Waals surface area contributed by atoms with E-state index < -0.39 is 18.8 Å². The van der Waals surface area contributed by atoms with Crippen LogP contribution in [0.25, 0.3) is 0 Å². The van der Waals surface area contributed by atoms with Crippen LogP contribution in [0.4, 0.5) is 13.2 Å². The molecule has 0 radical (unpaired) electrons. The van der Waals surface area contributed by atoms with Crippen LogP contribution < -0.4 is 0 Å². The molecule has 0 atom stereocenters. The summed E-state index contributed by atoms with van der Waals surface area (Å²) in [6.45, 7) is -1.21. The Balaban J connectivity index is 2.17. The van der Waals surface area contributed by atoms with Gasteiger partial charge in [-0.25, -0.2) is 9.78 Å². The fourth-order valence-electron chi connectivity index (χ4n) is 1.12. The van der Waals surface area contributed by atoms with E-state index in [-0.39, 0.29) is 12.2 Å². The van der Waals surface area contributed by atoms with Gasteiger partial charge in [-0.3, -0.25) is 0 Å². The molecule has 1 heterocycles. The number of carboxylic acids is 1. The molecule has 1 aromatic rings. The molecule has 0 aliphatic rings. The van der Waals surface area contributed by atoms with Gasteiger partial charge in [-0.05, 0) is 18.6 Å². The van der Waals surface area contributed by atoms with Crippen LogP contribution in [0.3, 0.4) is 0 Å². The molecule has 0 fully saturated rings. The van der Waals surface area contributed by atoms with Crippen LogP contribution in [-0.4, -0.2) is 41.2 Å². The lowest BCUT2D eigenvalue weighted by molar-refractivity contribution is -0.173. The van der Waals surface area contributed by atoms with Gasteiger partial charge < -0.3 is 9.84 Å². The minimum absolute atomic E-state index is 0.0275. The van der Waals surface area contributed by atoms with E-state index in [4.69, 9.17) is 5.11 Å². The first-order valence-corrected chi connectivity index (χ1v) is 6.34. The van der Waals surface area contributed by atoms with Crippen LogP contribution >= 0.6 is 11.8 Å². The maximum Gasteiger partial charge on any atom is 0.411 e. The number of rotatable bonds is 7. The van der Waals surface area contributed by atoms with Crippen molar-refractivity contribution < 1.29 is 27.8 Å². The third kappa shape index (κ3) is 7.02. The quantitative estimate of drug-likeness (QED) is 0.619. The Kier molecular flexibility index (Phi) is 6.10. The van der Waals surface area contributed by atoms with E-state index >= 15 is 0 Å². The zero-order valence-electron chi connectivity index (χ0n) is 9.81. The van der Waals surface area contributed by atoms with Crippen molar-refractivity contribution >= 4 is 17.7 Å². The molecule has 106 valence electrons. The predicted octanol–water partition coefficient (Wildman–Crippen LogP) is 2.84. The second-order valence-electron chi connectivity index (χ2n) is 3.56. The zero-order valence-corrected chi connectivity index (χ0v) is 10.6. The van der Waals surface area contributed by atoms with Gasteiger partial charge in [0.2, 0.25) is 0 Å². The number of alkyl halides is 3. The summed E-state index contributed by atoms with van der Waals surface area (Å²) in [6.07, 6.45) is -2.59. The summed E-state index contributed by atoms with van der Waals surface area (Å²) in [6, 6.07) is 2.99. The maximum absolute atomic E-state index is 11.7. The van der Waals surface area contributed by atoms with E-state index in [0.717, 1.165) is 0 Å². The molecule has 0 aromatic carbocycles. The second kappa shape index (κ2) is 7.34. The van der Waals surface area contributed by atoms with Gasteiger partial charge >= 0.3 is 12.1 Å². The van der Waals surface area contributed by atoms with Crippen molar-refractivity contribution in [3.8, 4) is 0 Å². The highest BCUT2D eigenvalue weighted by molar-refractivity contribution is 7.99. The SMILES string of the molecule is O=C(O)c1ccc(SCCCOCC(F)(F)F)nc1. The van der Waals surface area contributed by atoms with E-state index in [0.29, 0.717) is 17.2 Å². The molecule has 1 rings (SSSR count). The first-order chi connectivity index (χ1) is 8.88. The largest absolute Gasteiger partial charge is 0.478 e.